The molecule has 1 amide bonds. The first kappa shape index (κ1) is 34.0. The van der Waals surface area contributed by atoms with Crippen molar-refractivity contribution in [3.63, 3.8) is 0 Å². The molecule has 2 aliphatic rings. The fourth-order valence-corrected chi connectivity index (χ4v) is 8.76. The molecule has 5 rings (SSSR count). The van der Waals surface area contributed by atoms with Crippen LogP contribution in [0.1, 0.15) is 50.2 Å². The molecule has 246 valence electrons. The van der Waals surface area contributed by atoms with Gasteiger partial charge in [0.25, 0.3) is 0 Å². The standard InChI is InChI=1S/C33H36Cl2N2O8S/c1-5-45-19-20-13-27(43-3)29(28(14-20)44-4)22-9-7-21(8-10-22)26-18-33(26,31(39)40)36-30(38)32(2)11-6-12-37(32)46(41,42)25-16-23(34)15-24(35)17-25/h7-10,13-17,26H,5-6,11-12,18-19H2,1-4H3,(H,36,38)(H,39,40)/t26?,32-,33?/m0/s1. The highest BCUT2D eigenvalue weighted by atomic mass is 35.5. The monoisotopic (exact) mass is 690 g/mol. The molecule has 1 heterocycles. The van der Waals surface area contributed by atoms with Crippen molar-refractivity contribution < 1.29 is 37.3 Å². The molecule has 2 unspecified atom stereocenters. The van der Waals surface area contributed by atoms with Crippen LogP contribution >= 0.6 is 23.2 Å². The fraction of sp³-hybridized carbons (Fsp3) is 0.394. The summed E-state index contributed by atoms with van der Waals surface area (Å²) in [6.45, 7) is 4.50. The third-order valence-corrected chi connectivity index (χ3v) is 11.2. The van der Waals surface area contributed by atoms with Gasteiger partial charge in [-0.05, 0) is 80.1 Å². The van der Waals surface area contributed by atoms with E-state index >= 15 is 0 Å². The van der Waals surface area contributed by atoms with E-state index in [1.807, 2.05) is 43.3 Å². The number of carbonyl (C=O) groups is 2. The number of aliphatic carboxylic acids is 1. The minimum absolute atomic E-state index is 0.0842. The molecule has 1 aliphatic carbocycles. The second kappa shape index (κ2) is 13.0. The number of nitrogens with zero attached hydrogens (tertiary/aromatic N) is 1. The first-order valence-electron chi connectivity index (χ1n) is 14.8. The summed E-state index contributed by atoms with van der Waals surface area (Å²) in [5, 5.41) is 13.3. The van der Waals surface area contributed by atoms with Gasteiger partial charge in [-0.15, -0.1) is 0 Å². The number of carboxylic acids is 1. The van der Waals surface area contributed by atoms with Crippen molar-refractivity contribution in [3.8, 4) is 22.6 Å². The fourth-order valence-electron chi connectivity index (χ4n) is 6.22. The Hall–Kier alpha value is -3.35. The average Bonchev–Trinajstić information content (AvgIpc) is 3.61. The van der Waals surface area contributed by atoms with Gasteiger partial charge < -0.3 is 24.6 Å². The number of sulfonamides is 1. The molecule has 46 heavy (non-hydrogen) atoms. The van der Waals surface area contributed by atoms with E-state index in [9.17, 15) is 23.1 Å². The zero-order chi connectivity index (χ0) is 33.4. The summed E-state index contributed by atoms with van der Waals surface area (Å²) in [4.78, 5) is 26.3. The van der Waals surface area contributed by atoms with E-state index in [0.717, 1.165) is 21.0 Å². The Balaban J connectivity index is 1.39. The minimum Gasteiger partial charge on any atom is -0.496 e. The number of methoxy groups -OCH3 is 2. The largest absolute Gasteiger partial charge is 0.496 e. The van der Waals surface area contributed by atoms with Gasteiger partial charge in [0.15, 0.2) is 0 Å². The molecule has 3 aromatic carbocycles. The summed E-state index contributed by atoms with van der Waals surface area (Å²) in [5.41, 5.74) is 0.0407. The van der Waals surface area contributed by atoms with E-state index in [0.29, 0.717) is 36.7 Å². The van der Waals surface area contributed by atoms with Gasteiger partial charge in [0.1, 0.15) is 22.6 Å². The van der Waals surface area contributed by atoms with Gasteiger partial charge in [0.2, 0.25) is 15.9 Å². The molecular weight excluding hydrogens is 655 g/mol. The Bertz CT molecular complexity index is 1720. The maximum atomic E-state index is 13.8. The number of hydrogen-bond acceptors (Lipinski definition) is 7. The lowest BCUT2D eigenvalue weighted by molar-refractivity contribution is -0.144. The third-order valence-electron chi connectivity index (χ3n) is 8.81. The summed E-state index contributed by atoms with van der Waals surface area (Å²) in [6, 6.07) is 15.1. The number of ether oxygens (including phenoxy) is 3. The molecule has 0 aromatic heterocycles. The van der Waals surface area contributed by atoms with Gasteiger partial charge in [0.05, 0.1) is 31.3 Å². The normalized spacial score (nSPS) is 22.8. The summed E-state index contributed by atoms with van der Waals surface area (Å²) in [6.07, 6.45) is 0.787. The van der Waals surface area contributed by atoms with Crippen LogP contribution in [0.5, 0.6) is 11.5 Å². The molecule has 1 saturated carbocycles. The average molecular weight is 692 g/mol. The minimum atomic E-state index is -4.18. The van der Waals surface area contributed by atoms with Crippen LogP contribution in [0.15, 0.2) is 59.5 Å². The highest BCUT2D eigenvalue weighted by Gasteiger charge is 2.64. The van der Waals surface area contributed by atoms with Crippen molar-refractivity contribution in [2.75, 3.05) is 27.4 Å². The number of amides is 1. The second-order valence-electron chi connectivity index (χ2n) is 11.7. The molecule has 0 radical (unpaired) electrons. The van der Waals surface area contributed by atoms with Crippen molar-refractivity contribution in [2.24, 2.45) is 0 Å². The van der Waals surface area contributed by atoms with E-state index in [4.69, 9.17) is 37.4 Å². The van der Waals surface area contributed by atoms with E-state index in [2.05, 4.69) is 5.32 Å². The van der Waals surface area contributed by atoms with Crippen molar-refractivity contribution in [3.05, 3.63) is 75.8 Å². The molecule has 3 atom stereocenters. The quantitative estimate of drug-likeness (QED) is 0.241. The Kier molecular flexibility index (Phi) is 9.64. The number of rotatable bonds is 12. The molecule has 1 saturated heterocycles. The Morgan fingerprint density at radius 2 is 1.63 bits per heavy atom. The number of halogens is 2. The van der Waals surface area contributed by atoms with E-state index in [1.54, 1.807) is 14.2 Å². The molecule has 1 aliphatic heterocycles. The maximum Gasteiger partial charge on any atom is 0.330 e. The SMILES string of the molecule is CCOCc1cc(OC)c(-c2ccc(C3CC3(NC(=O)[C@]3(C)CCCN3S(=O)(=O)c3cc(Cl)cc(Cl)c3)C(=O)O)cc2)c(OC)c1. The lowest BCUT2D eigenvalue weighted by Crippen LogP contribution is -2.59. The second-order valence-corrected chi connectivity index (χ2v) is 14.4. The van der Waals surface area contributed by atoms with E-state index in [1.165, 1.54) is 25.1 Å². The molecule has 13 heteroatoms. The van der Waals surface area contributed by atoms with Crippen LogP contribution in [0.3, 0.4) is 0 Å². The van der Waals surface area contributed by atoms with Crippen LogP contribution in [0, 0.1) is 0 Å². The Labute approximate surface area is 278 Å². The van der Waals surface area contributed by atoms with Gasteiger partial charge in [-0.3, -0.25) is 4.79 Å². The third kappa shape index (κ3) is 6.18. The van der Waals surface area contributed by atoms with Gasteiger partial charge in [-0.1, -0.05) is 47.5 Å². The predicted octanol–water partition coefficient (Wildman–Crippen LogP) is 5.88. The van der Waals surface area contributed by atoms with Gasteiger partial charge >= 0.3 is 5.97 Å². The predicted molar refractivity (Wildman–Crippen MR) is 174 cm³/mol. The number of carboxylic acid groups (broad SMARTS) is 1. The number of hydrogen-bond donors (Lipinski definition) is 2. The van der Waals surface area contributed by atoms with Crippen LogP contribution in [-0.4, -0.2) is 68.2 Å². The first-order chi connectivity index (χ1) is 21.8. The van der Waals surface area contributed by atoms with Crippen molar-refractivity contribution >= 4 is 45.1 Å². The highest BCUT2D eigenvalue weighted by molar-refractivity contribution is 7.89. The van der Waals surface area contributed by atoms with Crippen LogP contribution in [-0.2, 0) is 31.0 Å². The number of carbonyl (C=O) groups excluding carboxylic acids is 1. The van der Waals surface area contributed by atoms with Gasteiger partial charge in [-0.2, -0.15) is 4.31 Å². The molecule has 2 fully saturated rings. The lowest BCUT2D eigenvalue weighted by atomic mass is 9.96. The van der Waals surface area contributed by atoms with Gasteiger partial charge in [-0.25, -0.2) is 13.2 Å². The van der Waals surface area contributed by atoms with Crippen LogP contribution in [0.25, 0.3) is 11.1 Å². The van der Waals surface area contributed by atoms with Crippen LogP contribution < -0.4 is 14.8 Å². The molecule has 3 aromatic rings. The topological polar surface area (TPSA) is 131 Å². The lowest BCUT2D eigenvalue weighted by Gasteiger charge is -2.34. The molecule has 10 nitrogen and oxygen atoms in total. The maximum absolute atomic E-state index is 13.8. The van der Waals surface area contributed by atoms with Crippen LogP contribution in [0.2, 0.25) is 10.0 Å². The zero-order valence-corrected chi connectivity index (χ0v) is 28.3. The summed E-state index contributed by atoms with van der Waals surface area (Å²) in [5.74, 6) is -1.19. The number of nitrogens with one attached hydrogen (secondary N) is 1. The van der Waals surface area contributed by atoms with E-state index < -0.39 is 38.9 Å². The molecular formula is C33H36Cl2N2O8S. The van der Waals surface area contributed by atoms with Crippen molar-refractivity contribution in [1.82, 2.24) is 9.62 Å². The van der Waals surface area contributed by atoms with Crippen molar-refractivity contribution in [2.45, 2.75) is 61.6 Å². The molecule has 0 bridgehead atoms. The molecule has 2 N–H and O–H groups in total. The van der Waals surface area contributed by atoms with E-state index in [-0.39, 0.29) is 34.3 Å². The summed E-state index contributed by atoms with van der Waals surface area (Å²) >= 11 is 12.1. The summed E-state index contributed by atoms with van der Waals surface area (Å²) < 4.78 is 45.3. The highest BCUT2D eigenvalue weighted by Crippen LogP contribution is 2.53. The smallest absolute Gasteiger partial charge is 0.330 e. The summed E-state index contributed by atoms with van der Waals surface area (Å²) in [7, 11) is -1.03. The van der Waals surface area contributed by atoms with Gasteiger partial charge in [0, 0.05) is 29.1 Å². The number of benzene rings is 3. The van der Waals surface area contributed by atoms with Crippen LogP contribution in [0.4, 0.5) is 0 Å². The van der Waals surface area contributed by atoms with Crippen molar-refractivity contribution in [1.29, 1.82) is 0 Å². The zero-order valence-electron chi connectivity index (χ0n) is 25.9. The Morgan fingerprint density at radius 1 is 1.02 bits per heavy atom. The molecule has 0 spiro atoms. The first-order valence-corrected chi connectivity index (χ1v) is 17.0. The Morgan fingerprint density at radius 3 is 2.17 bits per heavy atom.